The molecule has 1 N–H and O–H groups in total. The van der Waals surface area contributed by atoms with Crippen molar-refractivity contribution in [1.29, 1.82) is 0 Å². The van der Waals surface area contributed by atoms with Gasteiger partial charge in [-0.1, -0.05) is 64.5 Å². The second-order valence-corrected chi connectivity index (χ2v) is 4.83. The van der Waals surface area contributed by atoms with Crippen molar-refractivity contribution in [2.45, 2.75) is 6.42 Å². The molecule has 0 aliphatic rings. The van der Waals surface area contributed by atoms with Crippen LogP contribution in [0.4, 0.5) is 0 Å². The number of benzene rings is 2. The Labute approximate surface area is 120 Å². The second kappa shape index (κ2) is 6.85. The van der Waals surface area contributed by atoms with Crippen molar-refractivity contribution in [2.24, 2.45) is 5.10 Å². The Morgan fingerprint density at radius 1 is 1.11 bits per heavy atom. The first-order valence-electron chi connectivity index (χ1n) is 5.86. The number of nitrogens with zero attached hydrogens (tertiary/aromatic N) is 1. The van der Waals surface area contributed by atoms with Gasteiger partial charge in [-0.3, -0.25) is 4.79 Å². The van der Waals surface area contributed by atoms with E-state index < -0.39 is 0 Å². The lowest BCUT2D eigenvalue weighted by Gasteiger charge is -2.00. The smallest absolute Gasteiger partial charge is 0.244 e. The van der Waals surface area contributed by atoms with Crippen LogP contribution in [0.3, 0.4) is 0 Å². The molecule has 96 valence electrons. The summed E-state index contributed by atoms with van der Waals surface area (Å²) in [6.07, 6.45) is 1.95. The van der Waals surface area contributed by atoms with E-state index in [1.165, 1.54) is 0 Å². The first-order valence-corrected chi connectivity index (χ1v) is 6.65. The topological polar surface area (TPSA) is 41.5 Å². The van der Waals surface area contributed by atoms with E-state index >= 15 is 0 Å². The molecule has 0 saturated heterocycles. The van der Waals surface area contributed by atoms with Gasteiger partial charge in [0.2, 0.25) is 5.91 Å². The maximum atomic E-state index is 11.7. The first kappa shape index (κ1) is 13.5. The molecule has 0 aliphatic heterocycles. The molecule has 0 aliphatic carbocycles. The molecular formula is C15H13BrN2O. The van der Waals surface area contributed by atoms with Gasteiger partial charge in [-0.15, -0.1) is 0 Å². The number of hydrogen-bond acceptors (Lipinski definition) is 2. The Balaban J connectivity index is 1.89. The lowest BCUT2D eigenvalue weighted by molar-refractivity contribution is -0.120. The van der Waals surface area contributed by atoms with Gasteiger partial charge >= 0.3 is 0 Å². The highest BCUT2D eigenvalue weighted by atomic mass is 79.9. The van der Waals surface area contributed by atoms with Crippen LogP contribution in [-0.2, 0) is 11.2 Å². The number of carbonyl (C=O) groups excluding carboxylic acids is 1. The summed E-state index contributed by atoms with van der Waals surface area (Å²) in [6, 6.07) is 17.2. The summed E-state index contributed by atoms with van der Waals surface area (Å²) >= 11 is 3.41. The quantitative estimate of drug-likeness (QED) is 0.683. The molecule has 0 saturated carbocycles. The molecule has 0 atom stereocenters. The monoisotopic (exact) mass is 316 g/mol. The number of hydrazone groups is 1. The Hall–Kier alpha value is -1.94. The average Bonchev–Trinajstić information content (AvgIpc) is 2.42. The Morgan fingerprint density at radius 3 is 2.53 bits per heavy atom. The van der Waals surface area contributed by atoms with Gasteiger partial charge in [0, 0.05) is 10.0 Å². The summed E-state index contributed by atoms with van der Waals surface area (Å²) in [4.78, 5) is 11.7. The van der Waals surface area contributed by atoms with Crippen LogP contribution in [-0.4, -0.2) is 12.1 Å². The third kappa shape index (κ3) is 4.34. The zero-order valence-corrected chi connectivity index (χ0v) is 11.8. The van der Waals surface area contributed by atoms with Crippen LogP contribution in [0.1, 0.15) is 11.1 Å². The number of carbonyl (C=O) groups is 1. The SMILES string of the molecule is O=C(Cc1ccccc1)N/N=C/c1ccccc1Br. The zero-order valence-electron chi connectivity index (χ0n) is 10.2. The largest absolute Gasteiger partial charge is 0.273 e. The van der Waals surface area contributed by atoms with Crippen LogP contribution in [0.25, 0.3) is 0 Å². The van der Waals surface area contributed by atoms with Crippen LogP contribution in [0, 0.1) is 0 Å². The highest BCUT2D eigenvalue weighted by Gasteiger charge is 2.01. The van der Waals surface area contributed by atoms with E-state index in [2.05, 4.69) is 26.5 Å². The fourth-order valence-electron chi connectivity index (χ4n) is 1.57. The lowest BCUT2D eigenvalue weighted by atomic mass is 10.1. The zero-order chi connectivity index (χ0) is 13.5. The Kier molecular flexibility index (Phi) is 4.86. The summed E-state index contributed by atoms with van der Waals surface area (Å²) in [5, 5.41) is 3.94. The second-order valence-electron chi connectivity index (χ2n) is 3.98. The van der Waals surface area contributed by atoms with Crippen LogP contribution in [0.2, 0.25) is 0 Å². The van der Waals surface area contributed by atoms with E-state index in [0.29, 0.717) is 6.42 Å². The fourth-order valence-corrected chi connectivity index (χ4v) is 1.96. The first-order chi connectivity index (χ1) is 9.25. The van der Waals surface area contributed by atoms with Crippen molar-refractivity contribution in [2.75, 3.05) is 0 Å². The van der Waals surface area contributed by atoms with Crippen molar-refractivity contribution in [3.05, 3.63) is 70.2 Å². The van der Waals surface area contributed by atoms with Crippen molar-refractivity contribution < 1.29 is 4.79 Å². The molecule has 0 unspecified atom stereocenters. The Morgan fingerprint density at radius 2 is 1.79 bits per heavy atom. The fraction of sp³-hybridized carbons (Fsp3) is 0.0667. The van der Waals surface area contributed by atoms with E-state index in [1.807, 2.05) is 54.6 Å². The van der Waals surface area contributed by atoms with Gasteiger partial charge in [0.05, 0.1) is 12.6 Å². The molecule has 0 fully saturated rings. The van der Waals surface area contributed by atoms with Crippen LogP contribution >= 0.6 is 15.9 Å². The standard InChI is InChI=1S/C15H13BrN2O/c16-14-9-5-4-8-13(14)11-17-18-15(19)10-12-6-2-1-3-7-12/h1-9,11H,10H2,(H,18,19)/b17-11+. The van der Waals surface area contributed by atoms with Crippen LogP contribution in [0.15, 0.2) is 64.2 Å². The molecule has 0 radical (unpaired) electrons. The average molecular weight is 317 g/mol. The summed E-state index contributed by atoms with van der Waals surface area (Å²) in [5.74, 6) is -0.130. The molecule has 3 nitrogen and oxygen atoms in total. The highest BCUT2D eigenvalue weighted by molar-refractivity contribution is 9.10. The van der Waals surface area contributed by atoms with Gasteiger partial charge in [0.15, 0.2) is 0 Å². The molecule has 2 rings (SSSR count). The molecule has 2 aromatic carbocycles. The number of hydrogen-bond donors (Lipinski definition) is 1. The van der Waals surface area contributed by atoms with E-state index in [4.69, 9.17) is 0 Å². The van der Waals surface area contributed by atoms with Gasteiger partial charge < -0.3 is 0 Å². The molecule has 0 heterocycles. The number of halogens is 1. The summed E-state index contributed by atoms with van der Waals surface area (Å²) in [5.41, 5.74) is 4.40. The predicted molar refractivity (Wildman–Crippen MR) is 80.0 cm³/mol. The summed E-state index contributed by atoms with van der Waals surface area (Å²) < 4.78 is 0.941. The van der Waals surface area contributed by atoms with Crippen molar-refractivity contribution in [3.63, 3.8) is 0 Å². The molecule has 19 heavy (non-hydrogen) atoms. The molecule has 2 aromatic rings. The maximum Gasteiger partial charge on any atom is 0.244 e. The third-order valence-corrected chi connectivity index (χ3v) is 3.23. The maximum absolute atomic E-state index is 11.7. The third-order valence-electron chi connectivity index (χ3n) is 2.51. The molecule has 0 bridgehead atoms. The summed E-state index contributed by atoms with van der Waals surface area (Å²) in [6.45, 7) is 0. The molecular weight excluding hydrogens is 304 g/mol. The van der Waals surface area contributed by atoms with E-state index in [1.54, 1.807) is 6.21 Å². The van der Waals surface area contributed by atoms with Crippen LogP contribution < -0.4 is 5.43 Å². The number of rotatable bonds is 4. The van der Waals surface area contributed by atoms with E-state index in [0.717, 1.165) is 15.6 Å². The minimum atomic E-state index is -0.130. The van der Waals surface area contributed by atoms with Crippen molar-refractivity contribution in [1.82, 2.24) is 5.43 Å². The van der Waals surface area contributed by atoms with E-state index in [9.17, 15) is 4.79 Å². The van der Waals surface area contributed by atoms with Crippen LogP contribution in [0.5, 0.6) is 0 Å². The van der Waals surface area contributed by atoms with Crippen molar-refractivity contribution >= 4 is 28.1 Å². The Bertz CT molecular complexity index is 582. The predicted octanol–water partition coefficient (Wildman–Crippen LogP) is 3.14. The lowest BCUT2D eigenvalue weighted by Crippen LogP contribution is -2.19. The van der Waals surface area contributed by atoms with Gasteiger partial charge in [0.1, 0.15) is 0 Å². The number of amides is 1. The van der Waals surface area contributed by atoms with Gasteiger partial charge in [-0.25, -0.2) is 5.43 Å². The van der Waals surface area contributed by atoms with Gasteiger partial charge in [-0.05, 0) is 11.6 Å². The normalized spacial score (nSPS) is 10.6. The van der Waals surface area contributed by atoms with Crippen molar-refractivity contribution in [3.8, 4) is 0 Å². The van der Waals surface area contributed by atoms with Gasteiger partial charge in [0.25, 0.3) is 0 Å². The minimum absolute atomic E-state index is 0.130. The van der Waals surface area contributed by atoms with E-state index in [-0.39, 0.29) is 5.91 Å². The summed E-state index contributed by atoms with van der Waals surface area (Å²) in [7, 11) is 0. The highest BCUT2D eigenvalue weighted by Crippen LogP contribution is 2.13. The molecule has 4 heteroatoms. The molecule has 0 aromatic heterocycles. The molecule has 0 spiro atoms. The molecule has 1 amide bonds. The minimum Gasteiger partial charge on any atom is -0.273 e. The number of nitrogens with one attached hydrogen (secondary N) is 1. The van der Waals surface area contributed by atoms with Gasteiger partial charge in [-0.2, -0.15) is 5.10 Å².